The summed E-state index contributed by atoms with van der Waals surface area (Å²) in [7, 11) is 0. The van der Waals surface area contributed by atoms with Gasteiger partial charge in [-0.05, 0) is 12.1 Å². The Labute approximate surface area is 86.6 Å². The number of alkyl halides is 2. The molecule has 4 heteroatoms. The third-order valence-electron chi connectivity index (χ3n) is 1.76. The van der Waals surface area contributed by atoms with Crippen molar-refractivity contribution in [3.63, 3.8) is 0 Å². The molecule has 0 saturated heterocycles. The van der Waals surface area contributed by atoms with Crippen LogP contribution in [0.3, 0.4) is 0 Å². The van der Waals surface area contributed by atoms with Crippen molar-refractivity contribution >= 4 is 11.6 Å². The zero-order valence-electron chi connectivity index (χ0n) is 8.04. The van der Waals surface area contributed by atoms with Crippen LogP contribution in [0.4, 0.5) is 14.5 Å². The van der Waals surface area contributed by atoms with Gasteiger partial charge in [0.1, 0.15) is 0 Å². The highest BCUT2D eigenvalue weighted by atomic mass is 19.3. The first-order valence-electron chi connectivity index (χ1n) is 4.41. The molecule has 0 fully saturated rings. The van der Waals surface area contributed by atoms with Crippen LogP contribution in [0, 0.1) is 0 Å². The van der Waals surface area contributed by atoms with Gasteiger partial charge in [0.25, 0.3) is 5.91 Å². The van der Waals surface area contributed by atoms with Gasteiger partial charge >= 0.3 is 5.92 Å². The number of rotatable bonds is 4. The summed E-state index contributed by atoms with van der Waals surface area (Å²) in [6, 6.07) is 8.13. The molecule has 0 bridgehead atoms. The number of benzene rings is 1. The topological polar surface area (TPSA) is 29.1 Å². The Balaban J connectivity index is 2.67. The molecule has 0 aliphatic carbocycles. The van der Waals surface area contributed by atoms with Gasteiger partial charge in [-0.15, -0.1) is 6.58 Å². The lowest BCUT2D eigenvalue weighted by Gasteiger charge is -2.13. The quantitative estimate of drug-likeness (QED) is 0.762. The second-order valence-corrected chi connectivity index (χ2v) is 3.02. The molecule has 80 valence electrons. The fraction of sp³-hybridized carbons (Fsp3) is 0.182. The fourth-order valence-corrected chi connectivity index (χ4v) is 1.02. The van der Waals surface area contributed by atoms with E-state index in [1.165, 1.54) is 0 Å². The molecule has 1 amide bonds. The van der Waals surface area contributed by atoms with Crippen molar-refractivity contribution in [2.75, 3.05) is 5.32 Å². The summed E-state index contributed by atoms with van der Waals surface area (Å²) in [5.74, 6) is -4.72. The highest BCUT2D eigenvalue weighted by Crippen LogP contribution is 2.21. The smallest absolute Gasteiger partial charge is 0.321 e. The molecular weight excluding hydrogens is 200 g/mol. The average molecular weight is 211 g/mol. The number of carbonyl (C=O) groups excluding carboxylic acids is 1. The second-order valence-electron chi connectivity index (χ2n) is 3.02. The number of hydrogen-bond acceptors (Lipinski definition) is 1. The van der Waals surface area contributed by atoms with E-state index in [2.05, 4.69) is 11.9 Å². The predicted octanol–water partition coefficient (Wildman–Crippen LogP) is 2.84. The van der Waals surface area contributed by atoms with E-state index in [0.29, 0.717) is 5.69 Å². The molecule has 0 spiro atoms. The van der Waals surface area contributed by atoms with Gasteiger partial charge in [-0.1, -0.05) is 24.3 Å². The van der Waals surface area contributed by atoms with Crippen LogP contribution in [0.15, 0.2) is 43.0 Å². The van der Waals surface area contributed by atoms with E-state index in [9.17, 15) is 13.6 Å². The zero-order valence-corrected chi connectivity index (χ0v) is 8.04. The predicted molar refractivity (Wildman–Crippen MR) is 54.8 cm³/mol. The maximum atomic E-state index is 13.0. The second kappa shape index (κ2) is 4.68. The first-order chi connectivity index (χ1) is 7.06. The summed E-state index contributed by atoms with van der Waals surface area (Å²) in [6.07, 6.45) is 0.357. The SMILES string of the molecule is C=CCC(F)(F)C(=O)Nc1ccccc1. The largest absolute Gasteiger partial charge is 0.328 e. The molecule has 1 aromatic rings. The zero-order chi connectivity index (χ0) is 11.3. The molecular formula is C11H11F2NO. The molecule has 1 N–H and O–H groups in total. The van der Waals surface area contributed by atoms with Gasteiger partial charge in [-0.3, -0.25) is 4.79 Å². The Bertz CT molecular complexity index is 349. The van der Waals surface area contributed by atoms with E-state index in [1.807, 2.05) is 0 Å². The molecule has 15 heavy (non-hydrogen) atoms. The van der Waals surface area contributed by atoms with E-state index >= 15 is 0 Å². The van der Waals surface area contributed by atoms with Crippen LogP contribution in [0.2, 0.25) is 0 Å². The Kier molecular flexibility index (Phi) is 3.55. The average Bonchev–Trinajstić information content (AvgIpc) is 2.19. The number of carbonyl (C=O) groups is 1. The minimum absolute atomic E-state index is 0.353. The van der Waals surface area contributed by atoms with Crippen molar-refractivity contribution in [2.45, 2.75) is 12.3 Å². The number of hydrogen-bond donors (Lipinski definition) is 1. The lowest BCUT2D eigenvalue weighted by atomic mass is 10.2. The Morgan fingerprint density at radius 3 is 2.53 bits per heavy atom. The molecule has 0 atom stereocenters. The van der Waals surface area contributed by atoms with Crippen molar-refractivity contribution < 1.29 is 13.6 Å². The lowest BCUT2D eigenvalue weighted by molar-refractivity contribution is -0.139. The normalized spacial score (nSPS) is 10.8. The third-order valence-corrected chi connectivity index (χ3v) is 1.76. The van der Waals surface area contributed by atoms with E-state index in [-0.39, 0.29) is 0 Å². The van der Waals surface area contributed by atoms with Gasteiger partial charge in [-0.2, -0.15) is 8.78 Å². The minimum Gasteiger partial charge on any atom is -0.321 e. The number of para-hydroxylation sites is 1. The van der Waals surface area contributed by atoms with Gasteiger partial charge in [-0.25, -0.2) is 0 Å². The number of allylic oxidation sites excluding steroid dienone is 1. The third kappa shape index (κ3) is 3.16. The maximum Gasteiger partial charge on any atom is 0.328 e. The minimum atomic E-state index is -3.41. The van der Waals surface area contributed by atoms with Gasteiger partial charge in [0.15, 0.2) is 0 Å². The maximum absolute atomic E-state index is 13.0. The van der Waals surface area contributed by atoms with Gasteiger partial charge < -0.3 is 5.32 Å². The van der Waals surface area contributed by atoms with Crippen molar-refractivity contribution in [2.24, 2.45) is 0 Å². The molecule has 0 aromatic heterocycles. The van der Waals surface area contributed by atoms with Crippen LogP contribution in [0.25, 0.3) is 0 Å². The summed E-state index contributed by atoms with van der Waals surface area (Å²) < 4.78 is 26.0. The molecule has 0 heterocycles. The van der Waals surface area contributed by atoms with E-state index in [4.69, 9.17) is 0 Å². The lowest BCUT2D eigenvalue weighted by Crippen LogP contribution is -2.33. The first-order valence-corrected chi connectivity index (χ1v) is 4.41. The Morgan fingerprint density at radius 2 is 2.00 bits per heavy atom. The number of amides is 1. The van der Waals surface area contributed by atoms with Crippen LogP contribution in [-0.4, -0.2) is 11.8 Å². The molecule has 0 aliphatic rings. The van der Waals surface area contributed by atoms with Crippen LogP contribution in [-0.2, 0) is 4.79 Å². The van der Waals surface area contributed by atoms with E-state index in [1.54, 1.807) is 30.3 Å². The number of anilines is 1. The molecule has 0 radical (unpaired) electrons. The molecule has 0 unspecified atom stereocenters. The Hall–Kier alpha value is -1.71. The summed E-state index contributed by atoms with van der Waals surface area (Å²) in [5, 5.41) is 2.13. The highest BCUT2D eigenvalue weighted by molar-refractivity contribution is 5.96. The molecule has 1 aromatic carbocycles. The monoisotopic (exact) mass is 211 g/mol. The number of nitrogens with one attached hydrogen (secondary N) is 1. The summed E-state index contributed by atoms with van der Waals surface area (Å²) in [6.45, 7) is 3.18. The fourth-order valence-electron chi connectivity index (χ4n) is 1.02. The highest BCUT2D eigenvalue weighted by Gasteiger charge is 2.37. The summed E-state index contributed by atoms with van der Waals surface area (Å²) in [4.78, 5) is 11.1. The van der Waals surface area contributed by atoms with Crippen molar-refractivity contribution in [1.29, 1.82) is 0 Å². The van der Waals surface area contributed by atoms with E-state index < -0.39 is 18.3 Å². The molecule has 1 rings (SSSR count). The van der Waals surface area contributed by atoms with Crippen molar-refractivity contribution in [1.82, 2.24) is 0 Å². The first kappa shape index (κ1) is 11.4. The van der Waals surface area contributed by atoms with Gasteiger partial charge in [0, 0.05) is 12.1 Å². The van der Waals surface area contributed by atoms with E-state index in [0.717, 1.165) is 6.08 Å². The van der Waals surface area contributed by atoms with Crippen LogP contribution in [0.5, 0.6) is 0 Å². The number of halogens is 2. The van der Waals surface area contributed by atoms with Crippen LogP contribution < -0.4 is 5.32 Å². The van der Waals surface area contributed by atoms with Gasteiger partial charge in [0.2, 0.25) is 0 Å². The van der Waals surface area contributed by atoms with Crippen molar-refractivity contribution in [3.8, 4) is 0 Å². The molecule has 0 saturated carbocycles. The van der Waals surface area contributed by atoms with Crippen molar-refractivity contribution in [3.05, 3.63) is 43.0 Å². The van der Waals surface area contributed by atoms with Crippen LogP contribution in [0.1, 0.15) is 6.42 Å². The van der Waals surface area contributed by atoms with Gasteiger partial charge in [0.05, 0.1) is 0 Å². The summed E-state index contributed by atoms with van der Waals surface area (Å²) >= 11 is 0. The summed E-state index contributed by atoms with van der Waals surface area (Å²) in [5.41, 5.74) is 0.353. The molecule has 2 nitrogen and oxygen atoms in total. The molecule has 0 aliphatic heterocycles. The standard InChI is InChI=1S/C11H11F2NO/c1-2-8-11(12,13)10(15)14-9-6-4-3-5-7-9/h2-7H,1,8H2,(H,14,15). The Morgan fingerprint density at radius 1 is 1.40 bits per heavy atom. The van der Waals surface area contributed by atoms with Crippen LogP contribution >= 0.6 is 0 Å².